The van der Waals surface area contributed by atoms with Gasteiger partial charge in [-0.05, 0) is 30.0 Å². The van der Waals surface area contributed by atoms with E-state index in [4.69, 9.17) is 8.85 Å². The third-order valence-corrected chi connectivity index (χ3v) is 2.46. The van der Waals surface area contributed by atoms with E-state index in [2.05, 4.69) is 13.8 Å². The number of carbonyl (C=O) groups is 1. The molecule has 1 rings (SSSR count). The van der Waals surface area contributed by atoms with Gasteiger partial charge in [0, 0.05) is 11.1 Å². The van der Waals surface area contributed by atoms with Crippen LogP contribution in [-0.2, 0) is 0 Å². The molecule has 1 aromatic carbocycles. The van der Waals surface area contributed by atoms with Gasteiger partial charge in [0.05, 0.1) is 0 Å². The minimum atomic E-state index is -2.54. The van der Waals surface area contributed by atoms with Crippen LogP contribution < -0.4 is 10.1 Å². The van der Waals surface area contributed by atoms with Crippen molar-refractivity contribution in [2.75, 3.05) is 6.98 Å². The monoisotopic (exact) mass is 224 g/mol. The zero-order valence-electron chi connectivity index (χ0n) is 12.6. The highest BCUT2D eigenvalue weighted by molar-refractivity contribution is 5.69. The molecule has 0 aliphatic rings. The van der Waals surface area contributed by atoms with Crippen LogP contribution in [0.5, 0.6) is 5.75 Å². The second-order valence-corrected chi connectivity index (χ2v) is 3.78. The Bertz CT molecular complexity index is 432. The predicted octanol–water partition coefficient (Wildman–Crippen LogP) is 3.31. The number of carbonyl (C=O) groups excluding carboxylic acids is 1. The van der Waals surface area contributed by atoms with Gasteiger partial charge in [0.1, 0.15) is 5.75 Å². The van der Waals surface area contributed by atoms with Crippen molar-refractivity contribution in [3.8, 4) is 5.75 Å². The number of benzene rings is 1. The quantitative estimate of drug-likeness (QED) is 0.852. The SMILES string of the molecule is [2H]C([2H])([2H])NC(=O)Oc1cccc(C(C)CCC)c1. The summed E-state index contributed by atoms with van der Waals surface area (Å²) in [6, 6.07) is 7.15. The summed E-state index contributed by atoms with van der Waals surface area (Å²) in [7, 11) is 0. The lowest BCUT2D eigenvalue weighted by molar-refractivity contribution is 0.203. The van der Waals surface area contributed by atoms with Crippen molar-refractivity contribution in [2.45, 2.75) is 32.6 Å². The fraction of sp³-hybridized carbons (Fsp3) is 0.462. The molecule has 0 aliphatic carbocycles. The number of rotatable bonds is 4. The molecule has 0 bridgehead atoms. The Labute approximate surface area is 101 Å². The molecule has 0 spiro atoms. The van der Waals surface area contributed by atoms with Crippen LogP contribution in [0, 0.1) is 0 Å². The van der Waals surface area contributed by atoms with Crippen LogP contribution in [0.15, 0.2) is 24.3 Å². The number of nitrogens with one attached hydrogen (secondary N) is 1. The third kappa shape index (κ3) is 3.57. The fourth-order valence-corrected chi connectivity index (χ4v) is 1.62. The van der Waals surface area contributed by atoms with E-state index >= 15 is 0 Å². The molecule has 0 aromatic heterocycles. The summed E-state index contributed by atoms with van der Waals surface area (Å²) < 4.78 is 25.7. The summed E-state index contributed by atoms with van der Waals surface area (Å²) in [6.45, 7) is 1.68. The first-order valence-electron chi connectivity index (χ1n) is 6.92. The molecule has 1 atom stereocenters. The van der Waals surface area contributed by atoms with Crippen molar-refractivity contribution in [1.82, 2.24) is 5.32 Å². The van der Waals surface area contributed by atoms with E-state index in [0.29, 0.717) is 11.7 Å². The van der Waals surface area contributed by atoms with E-state index in [1.807, 2.05) is 6.07 Å². The Morgan fingerprint density at radius 3 is 3.12 bits per heavy atom. The number of hydrogen-bond donors (Lipinski definition) is 1. The normalized spacial score (nSPS) is 15.5. The lowest BCUT2D eigenvalue weighted by Crippen LogP contribution is -2.22. The van der Waals surface area contributed by atoms with Crippen molar-refractivity contribution in [3.63, 3.8) is 0 Å². The first-order valence-corrected chi connectivity index (χ1v) is 5.42. The van der Waals surface area contributed by atoms with Crippen molar-refractivity contribution >= 4 is 6.09 Å². The second-order valence-electron chi connectivity index (χ2n) is 3.78. The van der Waals surface area contributed by atoms with Crippen LogP contribution in [-0.4, -0.2) is 13.1 Å². The number of ether oxygens (including phenoxy) is 1. The molecule has 0 saturated heterocycles. The van der Waals surface area contributed by atoms with E-state index in [1.54, 1.807) is 23.5 Å². The average Bonchev–Trinajstić information content (AvgIpc) is 2.27. The highest BCUT2D eigenvalue weighted by atomic mass is 16.5. The van der Waals surface area contributed by atoms with Crippen LogP contribution in [0.3, 0.4) is 0 Å². The van der Waals surface area contributed by atoms with Gasteiger partial charge in [-0.3, -0.25) is 0 Å². The predicted molar refractivity (Wildman–Crippen MR) is 64.8 cm³/mol. The molecular weight excluding hydrogens is 202 g/mol. The molecule has 0 heterocycles. The van der Waals surface area contributed by atoms with Gasteiger partial charge in [-0.1, -0.05) is 32.4 Å². The first-order chi connectivity index (χ1) is 8.81. The minimum Gasteiger partial charge on any atom is -0.410 e. The Hall–Kier alpha value is -1.51. The van der Waals surface area contributed by atoms with Gasteiger partial charge >= 0.3 is 6.09 Å². The van der Waals surface area contributed by atoms with Crippen LogP contribution >= 0.6 is 0 Å². The highest BCUT2D eigenvalue weighted by Gasteiger charge is 2.07. The van der Waals surface area contributed by atoms with Crippen LogP contribution in [0.25, 0.3) is 0 Å². The lowest BCUT2D eigenvalue weighted by Gasteiger charge is -2.11. The largest absolute Gasteiger partial charge is 0.412 e. The Morgan fingerprint density at radius 1 is 1.62 bits per heavy atom. The van der Waals surface area contributed by atoms with Gasteiger partial charge in [-0.2, -0.15) is 0 Å². The first kappa shape index (κ1) is 8.62. The van der Waals surface area contributed by atoms with Gasteiger partial charge in [-0.25, -0.2) is 4.79 Å². The van der Waals surface area contributed by atoms with Gasteiger partial charge in [0.2, 0.25) is 0 Å². The molecule has 1 unspecified atom stereocenters. The van der Waals surface area contributed by atoms with Gasteiger partial charge in [-0.15, -0.1) is 0 Å². The minimum absolute atomic E-state index is 0.349. The summed E-state index contributed by atoms with van der Waals surface area (Å²) in [6.07, 6.45) is 1.15. The topological polar surface area (TPSA) is 38.3 Å². The van der Waals surface area contributed by atoms with Crippen LogP contribution in [0.1, 0.15) is 42.3 Å². The summed E-state index contributed by atoms with van der Waals surface area (Å²) >= 11 is 0. The molecule has 88 valence electrons. The van der Waals surface area contributed by atoms with Gasteiger partial charge in [0.25, 0.3) is 0 Å². The summed E-state index contributed by atoms with van der Waals surface area (Å²) in [5, 5.41) is 1.78. The maximum atomic E-state index is 11.3. The van der Waals surface area contributed by atoms with Gasteiger partial charge < -0.3 is 10.1 Å². The Balaban J connectivity index is 2.69. The zero-order valence-corrected chi connectivity index (χ0v) is 9.62. The zero-order chi connectivity index (χ0) is 14.5. The Kier molecular flexibility index (Phi) is 3.32. The van der Waals surface area contributed by atoms with E-state index in [0.717, 1.165) is 18.4 Å². The fourth-order valence-electron chi connectivity index (χ4n) is 1.62. The van der Waals surface area contributed by atoms with Crippen LogP contribution in [0.4, 0.5) is 4.79 Å². The molecular formula is C13H19NO2. The van der Waals surface area contributed by atoms with Crippen molar-refractivity contribution in [3.05, 3.63) is 29.8 Å². The molecule has 3 heteroatoms. The molecule has 1 aromatic rings. The summed E-state index contributed by atoms with van der Waals surface area (Å²) in [5.74, 6) is 0.724. The Morgan fingerprint density at radius 2 is 2.44 bits per heavy atom. The van der Waals surface area contributed by atoms with E-state index < -0.39 is 13.1 Å². The molecule has 0 fully saturated rings. The van der Waals surface area contributed by atoms with Crippen molar-refractivity contribution in [2.24, 2.45) is 0 Å². The van der Waals surface area contributed by atoms with Crippen LogP contribution in [0.2, 0.25) is 0 Å². The maximum absolute atomic E-state index is 11.3. The third-order valence-electron chi connectivity index (χ3n) is 2.46. The molecule has 0 saturated carbocycles. The van der Waals surface area contributed by atoms with Crippen molar-refractivity contribution in [1.29, 1.82) is 0 Å². The molecule has 1 N–H and O–H groups in total. The molecule has 0 aliphatic heterocycles. The standard InChI is InChI=1S/C13H19NO2/c1-4-6-10(2)11-7-5-8-12(9-11)16-13(15)14-3/h5,7-10H,4,6H2,1-3H3,(H,14,15)/i3D3. The summed E-state index contributed by atoms with van der Waals surface area (Å²) in [5.41, 5.74) is 1.07. The van der Waals surface area contributed by atoms with E-state index in [1.165, 1.54) is 0 Å². The highest BCUT2D eigenvalue weighted by Crippen LogP contribution is 2.24. The number of amides is 1. The molecule has 16 heavy (non-hydrogen) atoms. The smallest absolute Gasteiger partial charge is 0.410 e. The van der Waals surface area contributed by atoms with Crippen molar-refractivity contribution < 1.29 is 13.6 Å². The van der Waals surface area contributed by atoms with E-state index in [-0.39, 0.29) is 0 Å². The average molecular weight is 224 g/mol. The maximum Gasteiger partial charge on any atom is 0.412 e. The molecule has 0 radical (unpaired) electrons. The molecule has 3 nitrogen and oxygen atoms in total. The molecule has 1 amide bonds. The lowest BCUT2D eigenvalue weighted by atomic mass is 9.96. The summed E-state index contributed by atoms with van der Waals surface area (Å²) in [4.78, 5) is 11.3. The second kappa shape index (κ2) is 6.16. The van der Waals surface area contributed by atoms with E-state index in [9.17, 15) is 4.79 Å². The van der Waals surface area contributed by atoms with Gasteiger partial charge in [0.15, 0.2) is 0 Å². The number of hydrogen-bond acceptors (Lipinski definition) is 2.